The number of hydrogen-bond acceptors (Lipinski definition) is 4. The third kappa shape index (κ3) is 4.01. The molecule has 1 amide bonds. The van der Waals surface area contributed by atoms with Crippen LogP contribution in [0.4, 0.5) is 9.52 Å². The molecule has 4 rings (SSSR count). The lowest BCUT2D eigenvalue weighted by atomic mass is 10.1. The van der Waals surface area contributed by atoms with Crippen molar-refractivity contribution in [2.45, 2.75) is 18.9 Å². The molecule has 0 spiro atoms. The number of carbonyl (C=O) groups excluding carboxylic acids is 1. The summed E-state index contributed by atoms with van der Waals surface area (Å²) in [4.78, 5) is 19.4. The first-order chi connectivity index (χ1) is 13.0. The van der Waals surface area contributed by atoms with Gasteiger partial charge in [0.05, 0.1) is 33.5 Å². The number of benzene rings is 2. The topological polar surface area (TPSA) is 42.4 Å². The van der Waals surface area contributed by atoms with Crippen molar-refractivity contribution in [3.63, 3.8) is 0 Å². The van der Waals surface area contributed by atoms with E-state index in [-0.39, 0.29) is 17.8 Å². The van der Waals surface area contributed by atoms with Gasteiger partial charge in [-0.2, -0.15) is 0 Å². The first-order valence-electron chi connectivity index (χ1n) is 8.46. The molecular formula is C19H15BrClFN2O2S. The molecule has 27 heavy (non-hydrogen) atoms. The molecule has 0 bridgehead atoms. The summed E-state index contributed by atoms with van der Waals surface area (Å²) in [5.74, 6) is -0.582. The first kappa shape index (κ1) is 18.8. The number of anilines is 1. The molecule has 0 N–H and O–H groups in total. The number of fused-ring (bicyclic) bond motifs is 1. The van der Waals surface area contributed by atoms with Crippen LogP contribution < -0.4 is 4.90 Å². The zero-order valence-corrected chi connectivity index (χ0v) is 17.3. The Kier molecular flexibility index (Phi) is 5.45. The second-order valence-corrected chi connectivity index (χ2v) is 8.62. The second-order valence-electron chi connectivity index (χ2n) is 6.28. The van der Waals surface area contributed by atoms with Crippen LogP contribution in [-0.4, -0.2) is 30.1 Å². The summed E-state index contributed by atoms with van der Waals surface area (Å²) in [5.41, 5.74) is 1.04. The highest BCUT2D eigenvalue weighted by atomic mass is 79.9. The predicted octanol–water partition coefficient (Wildman–Crippen LogP) is 5.68. The van der Waals surface area contributed by atoms with Crippen LogP contribution in [-0.2, 0) is 4.74 Å². The average molecular weight is 470 g/mol. The molecule has 8 heteroatoms. The van der Waals surface area contributed by atoms with Crippen LogP contribution in [0.15, 0.2) is 40.9 Å². The maximum absolute atomic E-state index is 13.6. The van der Waals surface area contributed by atoms with Gasteiger partial charge >= 0.3 is 0 Å². The zero-order chi connectivity index (χ0) is 19.0. The summed E-state index contributed by atoms with van der Waals surface area (Å²) in [7, 11) is 0. The summed E-state index contributed by atoms with van der Waals surface area (Å²) in [6, 6.07) is 9.56. The molecule has 0 radical (unpaired) electrons. The van der Waals surface area contributed by atoms with Crippen molar-refractivity contribution in [3.8, 4) is 0 Å². The maximum atomic E-state index is 13.6. The molecule has 0 aliphatic carbocycles. The normalized spacial score (nSPS) is 16.8. The Balaban J connectivity index is 1.75. The van der Waals surface area contributed by atoms with E-state index in [4.69, 9.17) is 16.3 Å². The summed E-state index contributed by atoms with van der Waals surface area (Å²) >= 11 is 10.9. The van der Waals surface area contributed by atoms with Crippen LogP contribution in [0.3, 0.4) is 0 Å². The monoisotopic (exact) mass is 468 g/mol. The van der Waals surface area contributed by atoms with Crippen molar-refractivity contribution in [3.05, 3.63) is 57.3 Å². The van der Waals surface area contributed by atoms with Crippen LogP contribution in [0, 0.1) is 5.82 Å². The smallest absolute Gasteiger partial charge is 0.261 e. The number of amides is 1. The van der Waals surface area contributed by atoms with Crippen LogP contribution >= 0.6 is 38.9 Å². The third-order valence-corrected chi connectivity index (χ3v) is 6.25. The van der Waals surface area contributed by atoms with E-state index in [1.807, 2.05) is 0 Å². The summed E-state index contributed by atoms with van der Waals surface area (Å²) in [6.45, 7) is 1.07. The second kappa shape index (κ2) is 7.83. The molecule has 1 unspecified atom stereocenters. The Morgan fingerprint density at radius 2 is 2.22 bits per heavy atom. The molecule has 1 fully saturated rings. The summed E-state index contributed by atoms with van der Waals surface area (Å²) in [6.07, 6.45) is 1.80. The van der Waals surface area contributed by atoms with E-state index < -0.39 is 0 Å². The van der Waals surface area contributed by atoms with Gasteiger partial charge < -0.3 is 4.74 Å². The number of thiazole rings is 1. The van der Waals surface area contributed by atoms with Gasteiger partial charge in [-0.1, -0.05) is 38.9 Å². The number of hydrogen-bond donors (Lipinski definition) is 0. The highest BCUT2D eigenvalue weighted by Gasteiger charge is 2.28. The lowest BCUT2D eigenvalue weighted by molar-refractivity contribution is 0.0917. The van der Waals surface area contributed by atoms with Crippen molar-refractivity contribution < 1.29 is 13.9 Å². The summed E-state index contributed by atoms with van der Waals surface area (Å²) < 4.78 is 20.7. The molecular weight excluding hydrogens is 455 g/mol. The fraction of sp³-hybridized carbons (Fsp3) is 0.263. The van der Waals surface area contributed by atoms with Crippen LogP contribution in [0.5, 0.6) is 0 Å². The largest absolute Gasteiger partial charge is 0.376 e. The van der Waals surface area contributed by atoms with Gasteiger partial charge in [-0.25, -0.2) is 9.37 Å². The molecule has 1 atom stereocenters. The van der Waals surface area contributed by atoms with Gasteiger partial charge in [0.25, 0.3) is 5.91 Å². The van der Waals surface area contributed by atoms with E-state index in [9.17, 15) is 9.18 Å². The molecule has 0 saturated carbocycles. The molecule has 1 saturated heterocycles. The van der Waals surface area contributed by atoms with Crippen molar-refractivity contribution in [1.82, 2.24) is 4.98 Å². The van der Waals surface area contributed by atoms with Crippen molar-refractivity contribution in [1.29, 1.82) is 0 Å². The minimum atomic E-state index is -0.329. The van der Waals surface area contributed by atoms with Crippen molar-refractivity contribution in [2.24, 2.45) is 0 Å². The Hall–Kier alpha value is -1.54. The number of ether oxygens (including phenoxy) is 1. The minimum absolute atomic E-state index is 0.0522. The molecule has 1 aliphatic heterocycles. The highest BCUT2D eigenvalue weighted by Crippen LogP contribution is 2.32. The highest BCUT2D eigenvalue weighted by molar-refractivity contribution is 9.10. The maximum Gasteiger partial charge on any atom is 0.261 e. The lowest BCUT2D eigenvalue weighted by Crippen LogP contribution is -2.37. The van der Waals surface area contributed by atoms with E-state index in [1.165, 1.54) is 23.5 Å². The van der Waals surface area contributed by atoms with Crippen molar-refractivity contribution >= 4 is 60.1 Å². The quantitative estimate of drug-likeness (QED) is 0.494. The number of rotatable bonds is 4. The zero-order valence-electron chi connectivity index (χ0n) is 14.1. The van der Waals surface area contributed by atoms with Crippen LogP contribution in [0.25, 0.3) is 10.2 Å². The van der Waals surface area contributed by atoms with Gasteiger partial charge in [-0.3, -0.25) is 9.69 Å². The molecule has 1 aliphatic rings. The first-order valence-corrected chi connectivity index (χ1v) is 10.4. The van der Waals surface area contributed by atoms with Gasteiger partial charge in [0.2, 0.25) is 0 Å². The summed E-state index contributed by atoms with van der Waals surface area (Å²) in [5, 5.41) is 0.875. The SMILES string of the molecule is O=C(c1cc(Br)ccc1Cl)N(CC1CCCO1)c1nc2ccc(F)cc2s1. The third-order valence-electron chi connectivity index (χ3n) is 4.38. The molecule has 140 valence electrons. The Bertz CT molecular complexity index is 1010. The molecule has 3 aromatic rings. The van der Waals surface area contributed by atoms with Crippen molar-refractivity contribution in [2.75, 3.05) is 18.1 Å². The van der Waals surface area contributed by atoms with Crippen LogP contribution in [0.2, 0.25) is 5.02 Å². The fourth-order valence-electron chi connectivity index (χ4n) is 3.05. The molecule has 2 heterocycles. The number of carbonyl (C=O) groups is 1. The molecule has 4 nitrogen and oxygen atoms in total. The number of aromatic nitrogens is 1. The standard InChI is InChI=1S/C19H15BrClFN2O2S/c20-11-3-5-15(21)14(8-11)18(25)24(10-13-2-1-7-26-13)19-23-16-6-4-12(22)9-17(16)27-19/h3-6,8-9,13H,1-2,7,10H2. The van der Waals surface area contributed by atoms with E-state index in [0.29, 0.717) is 39.1 Å². The lowest BCUT2D eigenvalue weighted by Gasteiger charge is -2.23. The van der Waals surface area contributed by atoms with Crippen LogP contribution in [0.1, 0.15) is 23.2 Å². The average Bonchev–Trinajstić information content (AvgIpc) is 3.30. The Morgan fingerprint density at radius 3 is 3.00 bits per heavy atom. The van der Waals surface area contributed by atoms with E-state index in [1.54, 1.807) is 29.2 Å². The van der Waals surface area contributed by atoms with Gasteiger partial charge in [0.15, 0.2) is 5.13 Å². The fourth-order valence-corrected chi connectivity index (χ4v) is 4.61. The van der Waals surface area contributed by atoms with E-state index in [0.717, 1.165) is 17.3 Å². The van der Waals surface area contributed by atoms with E-state index in [2.05, 4.69) is 20.9 Å². The Labute approximate surface area is 173 Å². The number of halogens is 3. The minimum Gasteiger partial charge on any atom is -0.376 e. The predicted molar refractivity (Wildman–Crippen MR) is 109 cm³/mol. The molecule has 1 aromatic heterocycles. The van der Waals surface area contributed by atoms with Gasteiger partial charge in [-0.15, -0.1) is 0 Å². The van der Waals surface area contributed by atoms with E-state index >= 15 is 0 Å². The van der Waals surface area contributed by atoms with Gasteiger partial charge in [-0.05, 0) is 49.2 Å². The van der Waals surface area contributed by atoms with Gasteiger partial charge in [0.1, 0.15) is 5.82 Å². The molecule has 2 aromatic carbocycles. The number of nitrogens with zero attached hydrogens (tertiary/aromatic N) is 2. The Morgan fingerprint density at radius 1 is 1.37 bits per heavy atom. The van der Waals surface area contributed by atoms with Gasteiger partial charge in [0, 0.05) is 11.1 Å².